The summed E-state index contributed by atoms with van der Waals surface area (Å²) in [6, 6.07) is 5.66. The summed E-state index contributed by atoms with van der Waals surface area (Å²) >= 11 is 0. The summed E-state index contributed by atoms with van der Waals surface area (Å²) in [6.45, 7) is 9.65. The number of hydrogen-bond acceptors (Lipinski definition) is 4. The Hall–Kier alpha value is -2.44. The number of carbonyl (C=O) groups excluding carboxylic acids is 1. The number of aromatic nitrogens is 2. The number of hydrogen-bond donors (Lipinski definition) is 3. The van der Waals surface area contributed by atoms with Crippen LogP contribution in [0.2, 0.25) is 0 Å². The molecule has 26 heavy (non-hydrogen) atoms. The maximum absolute atomic E-state index is 12.7. The van der Waals surface area contributed by atoms with Crippen LogP contribution in [0.4, 0.5) is 0 Å². The van der Waals surface area contributed by atoms with Crippen molar-refractivity contribution in [1.29, 1.82) is 0 Å². The van der Waals surface area contributed by atoms with Gasteiger partial charge in [-0.1, -0.05) is 23.3 Å². The zero-order chi connectivity index (χ0) is 18.5. The van der Waals surface area contributed by atoms with Gasteiger partial charge in [0.2, 0.25) is 0 Å². The number of piperazine rings is 1. The van der Waals surface area contributed by atoms with Gasteiger partial charge in [0.15, 0.2) is 0 Å². The molecule has 3 N–H and O–H groups in total. The van der Waals surface area contributed by atoms with Crippen molar-refractivity contribution >= 4 is 23.0 Å². The highest BCUT2D eigenvalue weighted by atomic mass is 16.2. The molecule has 1 saturated heterocycles. The minimum absolute atomic E-state index is 0.110. The monoisotopic (exact) mass is 353 g/mol. The standard InChI is InChI=1S/C20H27N5O/c1-14(2)7-8-15(3)13-18-22-17-6-4-5-16(19(17)23-18)20(26)24-25-11-9-21-10-12-25/h4-7,13,21H,8-12H2,1-3H3,(H,22,23)(H,24,26)/b15-13+. The molecule has 6 nitrogen and oxygen atoms in total. The molecule has 1 amide bonds. The molecule has 1 fully saturated rings. The molecule has 0 radical (unpaired) electrons. The largest absolute Gasteiger partial charge is 0.338 e. The lowest BCUT2D eigenvalue weighted by molar-refractivity contribution is 0.0766. The van der Waals surface area contributed by atoms with Crippen LogP contribution >= 0.6 is 0 Å². The number of allylic oxidation sites excluding steroid dienone is 3. The lowest BCUT2D eigenvalue weighted by Crippen LogP contribution is -2.52. The minimum Gasteiger partial charge on any atom is -0.338 e. The molecule has 2 aromatic rings. The van der Waals surface area contributed by atoms with Gasteiger partial charge in [-0.3, -0.25) is 10.2 Å². The van der Waals surface area contributed by atoms with E-state index in [1.807, 2.05) is 29.3 Å². The summed E-state index contributed by atoms with van der Waals surface area (Å²) in [6.07, 6.45) is 5.13. The molecular formula is C20H27N5O. The third-order valence-corrected chi connectivity index (χ3v) is 4.37. The molecule has 3 rings (SSSR count). The molecule has 0 unspecified atom stereocenters. The number of aromatic amines is 1. The highest BCUT2D eigenvalue weighted by Crippen LogP contribution is 2.19. The van der Waals surface area contributed by atoms with Crippen LogP contribution in [-0.4, -0.2) is 47.1 Å². The van der Waals surface area contributed by atoms with Crippen LogP contribution < -0.4 is 10.7 Å². The third-order valence-electron chi connectivity index (χ3n) is 4.37. The quantitative estimate of drug-likeness (QED) is 0.723. The number of fused-ring (bicyclic) bond motifs is 1. The third kappa shape index (κ3) is 4.59. The number of nitrogens with zero attached hydrogens (tertiary/aromatic N) is 2. The molecule has 0 bridgehead atoms. The predicted molar refractivity (Wildman–Crippen MR) is 106 cm³/mol. The van der Waals surface area contributed by atoms with E-state index in [-0.39, 0.29) is 5.91 Å². The van der Waals surface area contributed by atoms with Crippen LogP contribution in [0, 0.1) is 0 Å². The molecule has 1 aliphatic heterocycles. The van der Waals surface area contributed by atoms with Crippen molar-refractivity contribution in [2.75, 3.05) is 26.2 Å². The predicted octanol–water partition coefficient (Wildman–Crippen LogP) is 2.87. The molecule has 0 atom stereocenters. The SMILES string of the molecule is CC(C)=CC/C(C)=C/c1nc2c(C(=O)NN3CCNCC3)cccc2[nH]1. The zero-order valence-corrected chi connectivity index (χ0v) is 15.7. The van der Waals surface area contributed by atoms with Gasteiger partial charge < -0.3 is 10.3 Å². The highest BCUT2D eigenvalue weighted by molar-refractivity contribution is 6.04. The maximum Gasteiger partial charge on any atom is 0.267 e. The summed E-state index contributed by atoms with van der Waals surface area (Å²) in [5, 5.41) is 5.23. The Balaban J connectivity index is 1.81. The highest BCUT2D eigenvalue weighted by Gasteiger charge is 2.17. The Morgan fingerprint density at radius 2 is 2.04 bits per heavy atom. The second-order valence-corrected chi connectivity index (χ2v) is 6.98. The first-order chi connectivity index (χ1) is 12.5. The van der Waals surface area contributed by atoms with Gasteiger partial charge >= 0.3 is 0 Å². The van der Waals surface area contributed by atoms with Crippen molar-refractivity contribution < 1.29 is 4.79 Å². The summed E-state index contributed by atoms with van der Waals surface area (Å²) in [4.78, 5) is 20.6. The number of hydrazine groups is 1. The Labute approximate surface area is 154 Å². The molecule has 1 aromatic carbocycles. The van der Waals surface area contributed by atoms with Gasteiger partial charge in [0.05, 0.1) is 11.1 Å². The second-order valence-electron chi connectivity index (χ2n) is 6.98. The smallest absolute Gasteiger partial charge is 0.267 e. The van der Waals surface area contributed by atoms with E-state index in [1.54, 1.807) is 0 Å². The van der Waals surface area contributed by atoms with Gasteiger partial charge in [-0.15, -0.1) is 0 Å². The summed E-state index contributed by atoms with van der Waals surface area (Å²) < 4.78 is 0. The zero-order valence-electron chi connectivity index (χ0n) is 15.7. The van der Waals surface area contributed by atoms with Gasteiger partial charge in [-0.05, 0) is 45.4 Å². The van der Waals surface area contributed by atoms with Crippen LogP contribution in [0.15, 0.2) is 35.4 Å². The van der Waals surface area contributed by atoms with Gasteiger partial charge in [-0.25, -0.2) is 9.99 Å². The Morgan fingerprint density at radius 1 is 1.27 bits per heavy atom. The molecule has 1 aliphatic rings. The fourth-order valence-corrected chi connectivity index (χ4v) is 2.94. The minimum atomic E-state index is -0.110. The molecule has 1 aromatic heterocycles. The van der Waals surface area contributed by atoms with Crippen LogP contribution in [-0.2, 0) is 0 Å². The first-order valence-electron chi connectivity index (χ1n) is 9.09. The second kappa shape index (κ2) is 8.29. The van der Waals surface area contributed by atoms with Gasteiger partial charge in [0, 0.05) is 26.2 Å². The fraction of sp³-hybridized carbons (Fsp3) is 0.400. The van der Waals surface area contributed by atoms with E-state index >= 15 is 0 Å². The van der Waals surface area contributed by atoms with Crippen LogP contribution in [0.3, 0.4) is 0 Å². The summed E-state index contributed by atoms with van der Waals surface area (Å²) in [7, 11) is 0. The lowest BCUT2D eigenvalue weighted by Gasteiger charge is -2.27. The average molecular weight is 353 g/mol. The molecular weight excluding hydrogens is 326 g/mol. The van der Waals surface area contributed by atoms with Gasteiger partial charge in [-0.2, -0.15) is 0 Å². The first kappa shape index (κ1) is 18.4. The van der Waals surface area contributed by atoms with Crippen LogP contribution in [0.1, 0.15) is 43.4 Å². The molecule has 0 saturated carbocycles. The number of imidazole rings is 1. The van der Waals surface area contributed by atoms with Crippen molar-refractivity contribution in [2.24, 2.45) is 0 Å². The van der Waals surface area contributed by atoms with Crippen molar-refractivity contribution in [1.82, 2.24) is 25.7 Å². The maximum atomic E-state index is 12.7. The molecule has 0 aliphatic carbocycles. The molecule has 2 heterocycles. The van der Waals surface area contributed by atoms with Crippen LogP contribution in [0.25, 0.3) is 17.1 Å². The number of para-hydroxylation sites is 1. The van der Waals surface area contributed by atoms with Crippen molar-refractivity contribution in [3.8, 4) is 0 Å². The van der Waals surface area contributed by atoms with Gasteiger partial charge in [0.25, 0.3) is 5.91 Å². The number of H-pyrrole nitrogens is 1. The molecule has 0 spiro atoms. The van der Waals surface area contributed by atoms with E-state index in [9.17, 15) is 4.79 Å². The fourth-order valence-electron chi connectivity index (χ4n) is 2.94. The Morgan fingerprint density at radius 3 is 2.77 bits per heavy atom. The average Bonchev–Trinajstić information content (AvgIpc) is 3.03. The Bertz CT molecular complexity index is 839. The number of carbonyl (C=O) groups is 1. The van der Waals surface area contributed by atoms with E-state index in [1.165, 1.54) is 11.1 Å². The van der Waals surface area contributed by atoms with Crippen molar-refractivity contribution in [3.05, 3.63) is 46.8 Å². The number of rotatable bonds is 5. The van der Waals surface area contributed by atoms with Crippen LogP contribution in [0.5, 0.6) is 0 Å². The lowest BCUT2D eigenvalue weighted by atomic mass is 10.1. The molecule has 138 valence electrons. The summed E-state index contributed by atoms with van der Waals surface area (Å²) in [5.41, 5.74) is 7.69. The van der Waals surface area contributed by atoms with E-state index in [4.69, 9.17) is 0 Å². The molecule has 6 heteroatoms. The number of benzene rings is 1. The topological polar surface area (TPSA) is 73.1 Å². The van der Waals surface area contributed by atoms with E-state index < -0.39 is 0 Å². The number of amides is 1. The summed E-state index contributed by atoms with van der Waals surface area (Å²) in [5.74, 6) is 0.669. The number of nitrogens with one attached hydrogen (secondary N) is 3. The first-order valence-corrected chi connectivity index (χ1v) is 9.09. The van der Waals surface area contributed by atoms with E-state index in [0.717, 1.165) is 43.9 Å². The van der Waals surface area contributed by atoms with Crippen molar-refractivity contribution in [3.63, 3.8) is 0 Å². The van der Waals surface area contributed by atoms with E-state index in [2.05, 4.69) is 47.6 Å². The van der Waals surface area contributed by atoms with Gasteiger partial charge in [0.1, 0.15) is 11.3 Å². The normalized spacial score (nSPS) is 15.9. The van der Waals surface area contributed by atoms with Crippen molar-refractivity contribution in [2.45, 2.75) is 27.2 Å². The Kier molecular flexibility index (Phi) is 5.85. The van der Waals surface area contributed by atoms with E-state index in [0.29, 0.717) is 11.1 Å².